The average molecular weight is 242 g/mol. The van der Waals surface area contributed by atoms with Gasteiger partial charge in [-0.3, -0.25) is 0 Å². The smallest absolute Gasteiger partial charge is 0.149 e. The second-order valence-corrected chi connectivity index (χ2v) is 4.54. The van der Waals surface area contributed by atoms with Gasteiger partial charge in [-0.2, -0.15) is 0 Å². The standard InChI is InChI=1S/C13H11FN4/c14-7-1-2-8-9(5-7)11(15)13-12(8)17-6-10-16-3-4-18(10)13/h1-3,5-6,11,17H,4,15H2. The molecule has 2 aliphatic heterocycles. The van der Waals surface area contributed by atoms with Crippen molar-refractivity contribution in [1.29, 1.82) is 0 Å². The quantitative estimate of drug-likeness (QED) is 0.721. The minimum Gasteiger partial charge on any atom is -0.357 e. The first-order chi connectivity index (χ1) is 8.75. The van der Waals surface area contributed by atoms with Crippen molar-refractivity contribution in [3.8, 4) is 0 Å². The van der Waals surface area contributed by atoms with E-state index in [0.29, 0.717) is 0 Å². The molecule has 3 N–H and O–H groups in total. The van der Waals surface area contributed by atoms with E-state index in [1.54, 1.807) is 6.07 Å². The second kappa shape index (κ2) is 3.20. The molecule has 18 heavy (non-hydrogen) atoms. The highest BCUT2D eigenvalue weighted by molar-refractivity contribution is 5.80. The Bertz CT molecular complexity index is 644. The SMILES string of the molecule is NC1C2=C(NC=C3N=CCN32)c2ccc(F)cc21. The zero-order valence-corrected chi connectivity index (χ0v) is 9.52. The number of nitrogens with one attached hydrogen (secondary N) is 1. The number of benzene rings is 1. The predicted octanol–water partition coefficient (Wildman–Crippen LogP) is 1.30. The maximum Gasteiger partial charge on any atom is 0.149 e. The summed E-state index contributed by atoms with van der Waals surface area (Å²) in [5.74, 6) is 0.604. The Balaban J connectivity index is 1.88. The summed E-state index contributed by atoms with van der Waals surface area (Å²) in [6.07, 6.45) is 3.70. The van der Waals surface area contributed by atoms with Crippen LogP contribution in [-0.2, 0) is 0 Å². The van der Waals surface area contributed by atoms with Crippen molar-refractivity contribution in [2.24, 2.45) is 10.7 Å². The summed E-state index contributed by atoms with van der Waals surface area (Å²) in [6.45, 7) is 0.719. The van der Waals surface area contributed by atoms with Gasteiger partial charge in [-0.05, 0) is 23.8 Å². The van der Waals surface area contributed by atoms with Crippen LogP contribution < -0.4 is 11.1 Å². The van der Waals surface area contributed by atoms with Crippen molar-refractivity contribution in [3.05, 3.63) is 52.9 Å². The number of hydrogen-bond donors (Lipinski definition) is 2. The first-order valence-electron chi connectivity index (χ1n) is 5.82. The summed E-state index contributed by atoms with van der Waals surface area (Å²) in [5.41, 5.74) is 9.98. The van der Waals surface area contributed by atoms with Crippen LogP contribution in [0.5, 0.6) is 0 Å². The van der Waals surface area contributed by atoms with E-state index in [9.17, 15) is 4.39 Å². The molecule has 90 valence electrons. The van der Waals surface area contributed by atoms with Crippen molar-refractivity contribution in [2.45, 2.75) is 6.04 Å². The summed E-state index contributed by atoms with van der Waals surface area (Å²) in [6, 6.07) is 4.44. The van der Waals surface area contributed by atoms with Gasteiger partial charge in [-0.15, -0.1) is 0 Å². The van der Waals surface area contributed by atoms with Gasteiger partial charge in [-0.25, -0.2) is 9.38 Å². The average Bonchev–Trinajstić information content (AvgIpc) is 2.93. The molecule has 0 aromatic heterocycles. The van der Waals surface area contributed by atoms with E-state index >= 15 is 0 Å². The van der Waals surface area contributed by atoms with E-state index in [2.05, 4.69) is 15.2 Å². The molecule has 0 bridgehead atoms. The molecule has 1 aromatic rings. The molecular weight excluding hydrogens is 231 g/mol. The lowest BCUT2D eigenvalue weighted by Crippen LogP contribution is -2.30. The summed E-state index contributed by atoms with van der Waals surface area (Å²) in [4.78, 5) is 6.33. The molecule has 5 heteroatoms. The Labute approximate surface area is 103 Å². The van der Waals surface area contributed by atoms with Crippen molar-refractivity contribution in [2.75, 3.05) is 6.54 Å². The van der Waals surface area contributed by atoms with Crippen LogP contribution in [0.1, 0.15) is 17.2 Å². The number of halogens is 1. The minimum atomic E-state index is -0.302. The largest absolute Gasteiger partial charge is 0.357 e. The highest BCUT2D eigenvalue weighted by Gasteiger charge is 2.36. The molecule has 1 aromatic carbocycles. The first-order valence-corrected chi connectivity index (χ1v) is 5.82. The lowest BCUT2D eigenvalue weighted by atomic mass is 10.1. The highest BCUT2D eigenvalue weighted by Crippen LogP contribution is 2.43. The molecule has 0 amide bonds. The van der Waals surface area contributed by atoms with Gasteiger partial charge in [0.15, 0.2) is 0 Å². The molecule has 0 saturated heterocycles. The third-order valence-corrected chi connectivity index (χ3v) is 3.57. The Morgan fingerprint density at radius 2 is 2.33 bits per heavy atom. The summed E-state index contributed by atoms with van der Waals surface area (Å²) in [7, 11) is 0. The lowest BCUT2D eigenvalue weighted by Gasteiger charge is -2.28. The molecule has 1 unspecified atom stereocenters. The molecule has 4 rings (SSSR count). The number of hydrogen-bond acceptors (Lipinski definition) is 4. The number of nitrogens with zero attached hydrogens (tertiary/aromatic N) is 2. The van der Waals surface area contributed by atoms with Gasteiger partial charge < -0.3 is 16.0 Å². The van der Waals surface area contributed by atoms with Crippen molar-refractivity contribution in [1.82, 2.24) is 10.2 Å². The third-order valence-electron chi connectivity index (χ3n) is 3.57. The van der Waals surface area contributed by atoms with E-state index in [4.69, 9.17) is 5.73 Å². The van der Waals surface area contributed by atoms with Gasteiger partial charge in [0, 0.05) is 18.0 Å². The van der Waals surface area contributed by atoms with Gasteiger partial charge in [0.2, 0.25) is 0 Å². The van der Waals surface area contributed by atoms with Crippen LogP contribution in [0.4, 0.5) is 4.39 Å². The molecular formula is C13H11FN4. The monoisotopic (exact) mass is 242 g/mol. The van der Waals surface area contributed by atoms with Crippen LogP contribution in [0, 0.1) is 5.82 Å². The van der Waals surface area contributed by atoms with Gasteiger partial charge in [0.25, 0.3) is 0 Å². The van der Waals surface area contributed by atoms with Gasteiger partial charge in [0.05, 0.1) is 24.0 Å². The van der Waals surface area contributed by atoms with E-state index in [1.165, 1.54) is 12.1 Å². The highest BCUT2D eigenvalue weighted by atomic mass is 19.1. The Morgan fingerprint density at radius 3 is 3.22 bits per heavy atom. The molecule has 0 fully saturated rings. The maximum atomic E-state index is 13.3. The van der Waals surface area contributed by atoms with E-state index in [-0.39, 0.29) is 11.9 Å². The maximum absolute atomic E-state index is 13.3. The Hall–Kier alpha value is -2.14. The number of rotatable bonds is 0. The molecule has 3 aliphatic rings. The van der Waals surface area contributed by atoms with Crippen LogP contribution >= 0.6 is 0 Å². The van der Waals surface area contributed by atoms with Gasteiger partial charge in [-0.1, -0.05) is 0 Å². The number of fused-ring (bicyclic) bond motifs is 4. The summed E-state index contributed by atoms with van der Waals surface area (Å²) in [5, 5.41) is 3.22. The second-order valence-electron chi connectivity index (χ2n) is 4.54. The molecule has 1 aliphatic carbocycles. The molecule has 0 spiro atoms. The molecule has 1 atom stereocenters. The Morgan fingerprint density at radius 1 is 1.44 bits per heavy atom. The van der Waals surface area contributed by atoms with E-state index < -0.39 is 0 Å². The molecule has 0 saturated carbocycles. The first kappa shape index (κ1) is 9.85. The predicted molar refractivity (Wildman–Crippen MR) is 66.7 cm³/mol. The van der Waals surface area contributed by atoms with Crippen molar-refractivity contribution >= 4 is 11.9 Å². The number of nitrogens with two attached hydrogens (primary N) is 1. The zero-order valence-electron chi connectivity index (χ0n) is 9.52. The topological polar surface area (TPSA) is 53.6 Å². The number of aliphatic imine (C=N–C) groups is 1. The van der Waals surface area contributed by atoms with Crippen molar-refractivity contribution < 1.29 is 4.39 Å². The molecule has 4 nitrogen and oxygen atoms in total. The van der Waals surface area contributed by atoms with E-state index in [0.717, 1.165) is 34.9 Å². The van der Waals surface area contributed by atoms with Gasteiger partial charge >= 0.3 is 0 Å². The summed E-state index contributed by atoms with van der Waals surface area (Å²) >= 11 is 0. The van der Waals surface area contributed by atoms with Crippen LogP contribution in [0.15, 0.2) is 40.9 Å². The minimum absolute atomic E-state index is 0.255. The van der Waals surface area contributed by atoms with Crippen LogP contribution in [0.2, 0.25) is 0 Å². The van der Waals surface area contributed by atoms with Crippen LogP contribution in [-0.4, -0.2) is 17.7 Å². The fourth-order valence-electron chi connectivity index (χ4n) is 2.77. The van der Waals surface area contributed by atoms with Crippen LogP contribution in [0.3, 0.4) is 0 Å². The molecule has 2 heterocycles. The molecule has 0 radical (unpaired) electrons. The third kappa shape index (κ3) is 1.09. The summed E-state index contributed by atoms with van der Waals surface area (Å²) < 4.78 is 13.3. The van der Waals surface area contributed by atoms with Crippen molar-refractivity contribution in [3.63, 3.8) is 0 Å². The van der Waals surface area contributed by atoms with E-state index in [1.807, 2.05) is 12.4 Å². The lowest BCUT2D eigenvalue weighted by molar-refractivity contribution is 0.457. The fourth-order valence-corrected chi connectivity index (χ4v) is 2.77. The fraction of sp³-hybridized carbons (Fsp3) is 0.154. The normalized spacial score (nSPS) is 23.6. The van der Waals surface area contributed by atoms with Gasteiger partial charge in [0.1, 0.15) is 11.6 Å². The van der Waals surface area contributed by atoms with Crippen LogP contribution in [0.25, 0.3) is 5.70 Å². The Kier molecular flexibility index (Phi) is 1.75. The zero-order chi connectivity index (χ0) is 12.3.